The van der Waals surface area contributed by atoms with Crippen molar-refractivity contribution in [1.29, 1.82) is 0 Å². The van der Waals surface area contributed by atoms with Crippen molar-refractivity contribution in [2.75, 3.05) is 6.54 Å². The van der Waals surface area contributed by atoms with E-state index < -0.39 is 0 Å². The van der Waals surface area contributed by atoms with E-state index in [4.69, 9.17) is 5.73 Å². The van der Waals surface area contributed by atoms with Gasteiger partial charge in [-0.05, 0) is 30.6 Å². The molecular formula is C14H26N2O. The third kappa shape index (κ3) is 2.49. The van der Waals surface area contributed by atoms with Gasteiger partial charge in [0.15, 0.2) is 0 Å². The van der Waals surface area contributed by atoms with Gasteiger partial charge in [-0.15, -0.1) is 0 Å². The molecule has 0 spiro atoms. The lowest BCUT2D eigenvalue weighted by molar-refractivity contribution is -0.136. The lowest BCUT2D eigenvalue weighted by Crippen LogP contribution is -2.52. The molecule has 2 rings (SSSR count). The maximum atomic E-state index is 12.4. The molecule has 0 aromatic carbocycles. The first-order valence-corrected chi connectivity index (χ1v) is 6.97. The minimum atomic E-state index is -0.358. The predicted octanol–water partition coefficient (Wildman–Crippen LogP) is 2.15. The average Bonchev–Trinajstić information content (AvgIpc) is 2.69. The smallest absolute Gasteiger partial charge is 0.240 e. The average molecular weight is 238 g/mol. The number of nitrogens with zero attached hydrogens (tertiary/aromatic N) is 1. The summed E-state index contributed by atoms with van der Waals surface area (Å²) in [5.74, 6) is 0.923. The summed E-state index contributed by atoms with van der Waals surface area (Å²) in [6.07, 6.45) is 6.30. The summed E-state index contributed by atoms with van der Waals surface area (Å²) in [6.45, 7) is 7.07. The normalized spacial score (nSPS) is 31.2. The van der Waals surface area contributed by atoms with E-state index in [1.165, 1.54) is 32.1 Å². The molecule has 17 heavy (non-hydrogen) atoms. The highest BCUT2D eigenvalue weighted by Gasteiger charge is 2.41. The van der Waals surface area contributed by atoms with Crippen LogP contribution in [0.1, 0.15) is 52.9 Å². The van der Waals surface area contributed by atoms with E-state index in [-0.39, 0.29) is 17.4 Å². The Balaban J connectivity index is 2.05. The van der Waals surface area contributed by atoms with E-state index >= 15 is 0 Å². The van der Waals surface area contributed by atoms with Crippen molar-refractivity contribution in [2.45, 2.75) is 65.0 Å². The lowest BCUT2D eigenvalue weighted by atomic mass is 9.83. The van der Waals surface area contributed by atoms with Crippen LogP contribution in [0, 0.1) is 11.3 Å². The van der Waals surface area contributed by atoms with E-state index in [9.17, 15) is 4.79 Å². The van der Waals surface area contributed by atoms with Gasteiger partial charge < -0.3 is 10.6 Å². The van der Waals surface area contributed by atoms with Crippen LogP contribution in [0.5, 0.6) is 0 Å². The van der Waals surface area contributed by atoms with Crippen molar-refractivity contribution in [3.63, 3.8) is 0 Å². The molecule has 0 bridgehead atoms. The van der Waals surface area contributed by atoms with Crippen molar-refractivity contribution < 1.29 is 4.79 Å². The second-order valence-electron chi connectivity index (χ2n) is 6.78. The molecule has 1 saturated heterocycles. The van der Waals surface area contributed by atoms with E-state index in [2.05, 4.69) is 4.90 Å². The van der Waals surface area contributed by atoms with Crippen LogP contribution in [-0.4, -0.2) is 29.4 Å². The van der Waals surface area contributed by atoms with Crippen LogP contribution in [0.3, 0.4) is 0 Å². The summed E-state index contributed by atoms with van der Waals surface area (Å²) < 4.78 is 0. The van der Waals surface area contributed by atoms with E-state index in [1.807, 2.05) is 20.8 Å². The molecule has 3 heteroatoms. The molecular weight excluding hydrogens is 212 g/mol. The second kappa shape index (κ2) is 4.60. The molecule has 1 aliphatic carbocycles. The van der Waals surface area contributed by atoms with Gasteiger partial charge in [0.05, 0.1) is 6.04 Å². The zero-order chi connectivity index (χ0) is 12.6. The number of carbonyl (C=O) groups is 1. The van der Waals surface area contributed by atoms with Crippen LogP contribution in [0.15, 0.2) is 0 Å². The molecule has 1 heterocycles. The fraction of sp³-hybridized carbons (Fsp3) is 0.929. The summed E-state index contributed by atoms with van der Waals surface area (Å²) >= 11 is 0. The quantitative estimate of drug-likeness (QED) is 0.761. The Morgan fingerprint density at radius 3 is 2.53 bits per heavy atom. The first-order chi connectivity index (χ1) is 7.91. The van der Waals surface area contributed by atoms with Gasteiger partial charge >= 0.3 is 0 Å². The topological polar surface area (TPSA) is 46.3 Å². The van der Waals surface area contributed by atoms with Gasteiger partial charge in [0.25, 0.3) is 0 Å². The molecule has 0 radical (unpaired) electrons. The van der Waals surface area contributed by atoms with Crippen molar-refractivity contribution >= 4 is 5.91 Å². The van der Waals surface area contributed by atoms with Crippen molar-refractivity contribution in [3.8, 4) is 0 Å². The Labute approximate surface area is 105 Å². The number of rotatable bonds is 1. The second-order valence-corrected chi connectivity index (χ2v) is 6.78. The molecule has 2 N–H and O–H groups in total. The minimum absolute atomic E-state index is 0.135. The Hall–Kier alpha value is -0.570. The van der Waals surface area contributed by atoms with Gasteiger partial charge in [0.2, 0.25) is 5.91 Å². The predicted molar refractivity (Wildman–Crippen MR) is 69.5 cm³/mol. The van der Waals surface area contributed by atoms with Gasteiger partial charge in [-0.1, -0.05) is 33.6 Å². The summed E-state index contributed by atoms with van der Waals surface area (Å²) in [5, 5.41) is 0. The number of hydrogen-bond acceptors (Lipinski definition) is 2. The molecule has 0 aromatic rings. The van der Waals surface area contributed by atoms with E-state index in [0.29, 0.717) is 6.04 Å². The first-order valence-electron chi connectivity index (χ1n) is 6.97. The number of hydrogen-bond donors (Lipinski definition) is 1. The maximum absolute atomic E-state index is 12.4. The van der Waals surface area contributed by atoms with Crippen LogP contribution in [0.4, 0.5) is 0 Å². The monoisotopic (exact) mass is 238 g/mol. The fourth-order valence-electron chi connectivity index (χ4n) is 3.23. The van der Waals surface area contributed by atoms with Gasteiger partial charge in [0, 0.05) is 12.6 Å². The number of likely N-dealkylation sites (tertiary alicyclic amines) is 1. The standard InChI is InChI=1S/C14H26N2O/c1-14(2,3)12(15)13(17)16-9-8-10-6-4-5-7-11(10)16/h10-12H,4-9,15H2,1-3H3/t10?,11?,12-/m0/s1. The largest absolute Gasteiger partial charge is 0.338 e. The molecule has 1 amide bonds. The lowest BCUT2D eigenvalue weighted by Gasteiger charge is -2.36. The van der Waals surface area contributed by atoms with Gasteiger partial charge in [-0.3, -0.25) is 4.79 Å². The number of fused-ring (bicyclic) bond motifs is 1. The highest BCUT2D eigenvalue weighted by atomic mass is 16.2. The minimum Gasteiger partial charge on any atom is -0.338 e. The van der Waals surface area contributed by atoms with Crippen LogP contribution >= 0.6 is 0 Å². The number of nitrogens with two attached hydrogens (primary N) is 1. The molecule has 1 saturated carbocycles. The van der Waals surface area contributed by atoms with Crippen molar-refractivity contribution in [2.24, 2.45) is 17.1 Å². The number of amides is 1. The Bertz CT molecular complexity index is 295. The highest BCUT2D eigenvalue weighted by molar-refractivity contribution is 5.83. The maximum Gasteiger partial charge on any atom is 0.240 e. The van der Waals surface area contributed by atoms with Crippen molar-refractivity contribution in [1.82, 2.24) is 4.90 Å². The SMILES string of the molecule is CC(C)(C)[C@@H](N)C(=O)N1CCC2CCCCC21. The van der Waals surface area contributed by atoms with E-state index in [0.717, 1.165) is 12.5 Å². The van der Waals surface area contributed by atoms with Gasteiger partial charge in [-0.25, -0.2) is 0 Å². The summed E-state index contributed by atoms with van der Waals surface area (Å²) in [7, 11) is 0. The van der Waals surface area contributed by atoms with Crippen molar-refractivity contribution in [3.05, 3.63) is 0 Å². The van der Waals surface area contributed by atoms with Crippen LogP contribution < -0.4 is 5.73 Å². The zero-order valence-corrected chi connectivity index (χ0v) is 11.4. The Morgan fingerprint density at radius 2 is 1.88 bits per heavy atom. The van der Waals surface area contributed by atoms with Gasteiger partial charge in [0.1, 0.15) is 0 Å². The molecule has 0 aromatic heterocycles. The number of carbonyl (C=O) groups excluding carboxylic acids is 1. The Morgan fingerprint density at radius 1 is 1.24 bits per heavy atom. The van der Waals surface area contributed by atoms with Crippen LogP contribution in [-0.2, 0) is 4.79 Å². The summed E-state index contributed by atoms with van der Waals surface area (Å²) in [6, 6.07) is 0.132. The van der Waals surface area contributed by atoms with E-state index in [1.54, 1.807) is 0 Å². The van der Waals surface area contributed by atoms with Crippen LogP contribution in [0.25, 0.3) is 0 Å². The molecule has 3 atom stereocenters. The molecule has 98 valence electrons. The first kappa shape index (κ1) is 12.9. The fourth-order valence-corrected chi connectivity index (χ4v) is 3.23. The third-order valence-corrected chi connectivity index (χ3v) is 4.49. The summed E-state index contributed by atoms with van der Waals surface area (Å²) in [5.41, 5.74) is 5.97. The Kier molecular flexibility index (Phi) is 3.48. The zero-order valence-electron chi connectivity index (χ0n) is 11.4. The highest BCUT2D eigenvalue weighted by Crippen LogP contribution is 2.37. The third-order valence-electron chi connectivity index (χ3n) is 4.49. The van der Waals surface area contributed by atoms with Gasteiger partial charge in [-0.2, -0.15) is 0 Å². The van der Waals surface area contributed by atoms with Crippen LogP contribution in [0.2, 0.25) is 0 Å². The molecule has 2 fully saturated rings. The molecule has 2 aliphatic rings. The summed E-state index contributed by atoms with van der Waals surface area (Å²) in [4.78, 5) is 14.5. The molecule has 1 aliphatic heterocycles. The molecule has 2 unspecified atom stereocenters. The molecule has 3 nitrogen and oxygen atoms in total.